The van der Waals surface area contributed by atoms with E-state index >= 15 is 0 Å². The molecule has 0 aromatic heterocycles. The van der Waals surface area contributed by atoms with Crippen molar-refractivity contribution in [3.05, 3.63) is 29.8 Å². The highest BCUT2D eigenvalue weighted by Crippen LogP contribution is 2.30. The number of nitrogens with one attached hydrogen (secondary N) is 3. The molecule has 1 saturated carbocycles. The first-order valence-corrected chi connectivity index (χ1v) is 14.1. The van der Waals surface area contributed by atoms with Gasteiger partial charge < -0.3 is 30.2 Å². The molecule has 1 aliphatic carbocycles. The number of hydrogen-bond acceptors (Lipinski definition) is 7. The summed E-state index contributed by atoms with van der Waals surface area (Å²) in [6.07, 6.45) is 6.18. The van der Waals surface area contributed by atoms with Crippen molar-refractivity contribution < 1.29 is 33.4 Å². The summed E-state index contributed by atoms with van der Waals surface area (Å²) >= 11 is 0. The van der Waals surface area contributed by atoms with E-state index in [1.807, 2.05) is 12.1 Å². The summed E-state index contributed by atoms with van der Waals surface area (Å²) in [6.45, 7) is 2.95. The predicted molar refractivity (Wildman–Crippen MR) is 143 cm³/mol. The van der Waals surface area contributed by atoms with Crippen molar-refractivity contribution in [3.8, 4) is 5.75 Å². The Hall–Kier alpha value is -2.98. The van der Waals surface area contributed by atoms with Crippen molar-refractivity contribution in [2.75, 3.05) is 26.9 Å². The van der Waals surface area contributed by atoms with Crippen LogP contribution in [0.1, 0.15) is 57.4 Å². The zero-order valence-electron chi connectivity index (χ0n) is 22.9. The molecule has 0 unspecified atom stereocenters. The molecule has 3 amide bonds. The van der Waals surface area contributed by atoms with Gasteiger partial charge in [0.05, 0.1) is 32.3 Å². The second-order valence-corrected chi connectivity index (χ2v) is 10.9. The Bertz CT molecular complexity index is 999. The highest BCUT2D eigenvalue weighted by molar-refractivity contribution is 5.96. The van der Waals surface area contributed by atoms with Gasteiger partial charge in [-0.2, -0.15) is 0 Å². The van der Waals surface area contributed by atoms with E-state index < -0.39 is 36.0 Å². The number of benzene rings is 1. The van der Waals surface area contributed by atoms with Gasteiger partial charge in [0.1, 0.15) is 23.9 Å². The Kier molecular flexibility index (Phi) is 10.3. The molecule has 39 heavy (non-hydrogen) atoms. The van der Waals surface area contributed by atoms with E-state index in [9.17, 15) is 19.2 Å². The maximum absolute atomic E-state index is 13.6. The van der Waals surface area contributed by atoms with E-state index in [4.69, 9.17) is 14.2 Å². The van der Waals surface area contributed by atoms with Crippen LogP contribution in [0, 0.1) is 11.8 Å². The number of hydrogen-bond donors (Lipinski definition) is 3. The first-order chi connectivity index (χ1) is 18.8. The molecule has 0 spiro atoms. The van der Waals surface area contributed by atoms with Gasteiger partial charge in [0.2, 0.25) is 17.7 Å². The molecule has 3 N–H and O–H groups in total. The van der Waals surface area contributed by atoms with Crippen LogP contribution >= 0.6 is 0 Å². The minimum Gasteiger partial charge on any atom is -0.497 e. The van der Waals surface area contributed by atoms with Gasteiger partial charge in [-0.3, -0.25) is 19.2 Å². The zero-order chi connectivity index (χ0) is 27.8. The molecular weight excluding hydrogens is 502 g/mol. The zero-order valence-corrected chi connectivity index (χ0v) is 22.9. The van der Waals surface area contributed by atoms with E-state index in [0.29, 0.717) is 44.3 Å². The molecule has 3 fully saturated rings. The van der Waals surface area contributed by atoms with Crippen LogP contribution in [-0.4, -0.2) is 74.7 Å². The van der Waals surface area contributed by atoms with Crippen LogP contribution in [0.2, 0.25) is 0 Å². The van der Waals surface area contributed by atoms with Crippen LogP contribution in [0.4, 0.5) is 0 Å². The molecule has 2 saturated heterocycles. The summed E-state index contributed by atoms with van der Waals surface area (Å²) in [4.78, 5) is 52.3. The first kappa shape index (κ1) is 29.0. The third-order valence-electron chi connectivity index (χ3n) is 7.87. The standard InChI is InChI=1S/C29H41N3O7/c1-18(30-28(35)21-8-5-13-38-16-21)27(34)32-24(15-20-9-11-22(37-2)12-10-20)29(36)31-23(26(33)25-17-39-25)14-19-6-3-4-7-19/h9-12,18-19,21,23-25H,3-8,13-17H2,1-2H3,(H,30,35)(H,31,36)(H,32,34)/t18-,21-,23+,24+,25-/m1/s1. The summed E-state index contributed by atoms with van der Waals surface area (Å²) in [5, 5.41) is 8.50. The molecule has 4 rings (SSSR count). The molecule has 0 bridgehead atoms. The minimum absolute atomic E-state index is 0.111. The summed E-state index contributed by atoms with van der Waals surface area (Å²) in [5.74, 6) is -0.488. The molecule has 1 aromatic rings. The summed E-state index contributed by atoms with van der Waals surface area (Å²) in [7, 11) is 1.58. The maximum Gasteiger partial charge on any atom is 0.243 e. The number of carbonyl (C=O) groups excluding carboxylic acids is 4. The smallest absolute Gasteiger partial charge is 0.243 e. The molecule has 10 heteroatoms. The average molecular weight is 544 g/mol. The van der Waals surface area contributed by atoms with Gasteiger partial charge in [-0.1, -0.05) is 37.8 Å². The second kappa shape index (κ2) is 13.9. The SMILES string of the molecule is COc1ccc(C[C@H](NC(=O)[C@@H](C)NC(=O)[C@@H]2CCCOC2)C(=O)N[C@@H](CC2CCCC2)C(=O)[C@H]2CO2)cc1. The number of rotatable bonds is 13. The van der Waals surface area contributed by atoms with Crippen molar-refractivity contribution in [1.82, 2.24) is 16.0 Å². The highest BCUT2D eigenvalue weighted by Gasteiger charge is 2.39. The van der Waals surface area contributed by atoms with Crippen LogP contribution in [0.25, 0.3) is 0 Å². The topological polar surface area (TPSA) is 135 Å². The Morgan fingerprint density at radius 1 is 0.923 bits per heavy atom. The Balaban J connectivity index is 1.44. The van der Waals surface area contributed by atoms with Crippen LogP contribution in [0.5, 0.6) is 5.75 Å². The van der Waals surface area contributed by atoms with E-state index in [2.05, 4.69) is 16.0 Å². The molecular formula is C29H41N3O7. The predicted octanol–water partition coefficient (Wildman–Crippen LogP) is 1.69. The van der Waals surface area contributed by atoms with Crippen LogP contribution in [0.3, 0.4) is 0 Å². The fourth-order valence-electron chi connectivity index (χ4n) is 5.38. The third kappa shape index (κ3) is 8.50. The second-order valence-electron chi connectivity index (χ2n) is 10.9. The lowest BCUT2D eigenvalue weighted by molar-refractivity contribution is -0.135. The van der Waals surface area contributed by atoms with Crippen molar-refractivity contribution >= 4 is 23.5 Å². The molecule has 2 heterocycles. The number of ketones is 1. The van der Waals surface area contributed by atoms with E-state index in [1.165, 1.54) is 0 Å². The molecule has 10 nitrogen and oxygen atoms in total. The lowest BCUT2D eigenvalue weighted by atomic mass is 9.94. The van der Waals surface area contributed by atoms with Crippen molar-refractivity contribution in [2.45, 2.75) is 82.5 Å². The van der Waals surface area contributed by atoms with Crippen molar-refractivity contribution in [1.29, 1.82) is 0 Å². The molecule has 0 radical (unpaired) electrons. The lowest BCUT2D eigenvalue weighted by Crippen LogP contribution is -2.56. The quantitative estimate of drug-likeness (QED) is 0.322. The fraction of sp³-hybridized carbons (Fsp3) is 0.655. The van der Waals surface area contributed by atoms with Gasteiger partial charge in [0.15, 0.2) is 5.78 Å². The number of amides is 3. The number of ether oxygens (including phenoxy) is 3. The van der Waals surface area contributed by atoms with Gasteiger partial charge in [-0.15, -0.1) is 0 Å². The molecule has 5 atom stereocenters. The number of carbonyl (C=O) groups is 4. The van der Waals surface area contributed by atoms with Crippen LogP contribution < -0.4 is 20.7 Å². The fourth-order valence-corrected chi connectivity index (χ4v) is 5.38. The number of methoxy groups -OCH3 is 1. The number of Topliss-reactive ketones (excluding diaryl/α,β-unsaturated/α-hetero) is 1. The summed E-state index contributed by atoms with van der Waals surface area (Å²) < 4.78 is 15.8. The average Bonchev–Trinajstić information content (AvgIpc) is 3.68. The van der Waals surface area contributed by atoms with E-state index in [1.54, 1.807) is 26.2 Å². The Morgan fingerprint density at radius 2 is 1.62 bits per heavy atom. The third-order valence-corrected chi connectivity index (χ3v) is 7.87. The van der Waals surface area contributed by atoms with Crippen molar-refractivity contribution in [2.24, 2.45) is 11.8 Å². The molecule has 2 aliphatic heterocycles. The maximum atomic E-state index is 13.6. The molecule has 1 aromatic carbocycles. The van der Waals surface area contributed by atoms with Gasteiger partial charge in [-0.05, 0) is 49.8 Å². The normalized spacial score (nSPS) is 23.2. The van der Waals surface area contributed by atoms with Gasteiger partial charge >= 0.3 is 0 Å². The lowest BCUT2D eigenvalue weighted by Gasteiger charge is -2.26. The van der Waals surface area contributed by atoms with Gasteiger partial charge in [0.25, 0.3) is 0 Å². The first-order valence-electron chi connectivity index (χ1n) is 14.1. The minimum atomic E-state index is -0.942. The molecule has 3 aliphatic rings. The van der Waals surface area contributed by atoms with Gasteiger partial charge in [-0.25, -0.2) is 0 Å². The van der Waals surface area contributed by atoms with Crippen molar-refractivity contribution in [3.63, 3.8) is 0 Å². The summed E-state index contributed by atoms with van der Waals surface area (Å²) in [5.41, 5.74) is 0.816. The van der Waals surface area contributed by atoms with Crippen LogP contribution in [0.15, 0.2) is 24.3 Å². The monoisotopic (exact) mass is 543 g/mol. The summed E-state index contributed by atoms with van der Waals surface area (Å²) in [6, 6.07) is 4.80. The van der Waals surface area contributed by atoms with E-state index in [0.717, 1.165) is 37.7 Å². The van der Waals surface area contributed by atoms with E-state index in [-0.39, 0.29) is 24.0 Å². The largest absolute Gasteiger partial charge is 0.497 e. The number of epoxide rings is 1. The van der Waals surface area contributed by atoms with Gasteiger partial charge in [0, 0.05) is 13.0 Å². The Morgan fingerprint density at radius 3 is 2.23 bits per heavy atom. The molecule has 214 valence electrons. The highest BCUT2D eigenvalue weighted by atomic mass is 16.6. The van der Waals surface area contributed by atoms with Crippen LogP contribution in [-0.2, 0) is 35.1 Å². The Labute approximate surface area is 229 Å².